The highest BCUT2D eigenvalue weighted by Gasteiger charge is 2.21. The van der Waals surface area contributed by atoms with Gasteiger partial charge in [0.25, 0.3) is 5.56 Å². The van der Waals surface area contributed by atoms with Crippen molar-refractivity contribution >= 4 is 16.7 Å². The van der Waals surface area contributed by atoms with E-state index in [1.165, 1.54) is 12.8 Å². The Morgan fingerprint density at radius 3 is 2.88 bits per heavy atom. The molecule has 5 heteroatoms. The highest BCUT2D eigenvalue weighted by Crippen LogP contribution is 2.30. The molecule has 5 nitrogen and oxygen atoms in total. The first kappa shape index (κ1) is 10.4. The van der Waals surface area contributed by atoms with Gasteiger partial charge in [0.1, 0.15) is 5.39 Å². The molecule has 3 rings (SSSR count). The lowest BCUT2D eigenvalue weighted by atomic mass is 10.2. The Morgan fingerprint density at radius 1 is 1.47 bits per heavy atom. The minimum absolute atomic E-state index is 0.00171. The summed E-state index contributed by atoms with van der Waals surface area (Å²) in [5, 5.41) is 7.23. The number of aryl methyl sites for hydroxylation is 1. The molecule has 90 valence electrons. The lowest BCUT2D eigenvalue weighted by Crippen LogP contribution is -2.25. The van der Waals surface area contributed by atoms with E-state index in [-0.39, 0.29) is 5.56 Å². The number of aromatic amines is 1. The molecule has 0 unspecified atom stereocenters. The molecule has 2 aromatic rings. The molecule has 0 saturated heterocycles. The van der Waals surface area contributed by atoms with Gasteiger partial charge in [-0.1, -0.05) is 12.8 Å². The minimum atomic E-state index is -0.00171. The molecule has 0 bridgehead atoms. The molecule has 2 aromatic heterocycles. The van der Waals surface area contributed by atoms with Crippen LogP contribution in [0.5, 0.6) is 0 Å². The first-order valence-electron chi connectivity index (χ1n) is 6.04. The number of nitrogen functional groups attached to an aromatic ring is 1. The van der Waals surface area contributed by atoms with E-state index >= 15 is 0 Å². The molecule has 0 radical (unpaired) electrons. The van der Waals surface area contributed by atoms with Crippen LogP contribution in [0.15, 0.2) is 10.9 Å². The third-order valence-corrected chi connectivity index (χ3v) is 3.68. The van der Waals surface area contributed by atoms with Crippen LogP contribution in [0.2, 0.25) is 0 Å². The molecule has 2 heterocycles. The Hall–Kier alpha value is -1.78. The number of aromatic nitrogens is 3. The van der Waals surface area contributed by atoms with E-state index in [0.717, 1.165) is 24.1 Å². The average Bonchev–Trinajstić information content (AvgIpc) is 2.89. The van der Waals surface area contributed by atoms with Crippen molar-refractivity contribution in [1.29, 1.82) is 0 Å². The van der Waals surface area contributed by atoms with E-state index in [9.17, 15) is 4.79 Å². The van der Waals surface area contributed by atoms with Gasteiger partial charge >= 0.3 is 0 Å². The van der Waals surface area contributed by atoms with Crippen LogP contribution >= 0.6 is 0 Å². The number of anilines is 1. The third kappa shape index (κ3) is 1.45. The summed E-state index contributed by atoms with van der Waals surface area (Å²) in [5.41, 5.74) is 7.46. The molecular weight excluding hydrogens is 216 g/mol. The summed E-state index contributed by atoms with van der Waals surface area (Å²) in [6, 6.07) is 2.29. The summed E-state index contributed by atoms with van der Waals surface area (Å²) >= 11 is 0. The zero-order valence-corrected chi connectivity index (χ0v) is 9.86. The van der Waals surface area contributed by atoms with Crippen molar-refractivity contribution in [2.75, 3.05) is 5.73 Å². The van der Waals surface area contributed by atoms with Gasteiger partial charge in [0.2, 0.25) is 0 Å². The van der Waals surface area contributed by atoms with Crippen molar-refractivity contribution in [3.63, 3.8) is 0 Å². The summed E-state index contributed by atoms with van der Waals surface area (Å²) < 4.78 is 1.89. The Labute approximate surface area is 98.6 Å². The molecule has 1 fully saturated rings. The van der Waals surface area contributed by atoms with Gasteiger partial charge in [0, 0.05) is 11.7 Å². The number of H-pyrrole nitrogens is 1. The highest BCUT2D eigenvalue weighted by atomic mass is 16.1. The lowest BCUT2D eigenvalue weighted by Gasteiger charge is -2.16. The zero-order chi connectivity index (χ0) is 12.0. The number of nitrogens with one attached hydrogen (secondary N) is 1. The summed E-state index contributed by atoms with van der Waals surface area (Å²) in [4.78, 5) is 12.4. The topological polar surface area (TPSA) is 76.7 Å². The molecular formula is C12H16N4O. The predicted molar refractivity (Wildman–Crippen MR) is 67.0 cm³/mol. The molecule has 1 aliphatic rings. The van der Waals surface area contributed by atoms with E-state index in [1.54, 1.807) is 0 Å². The Bertz CT molecular complexity index is 619. The molecule has 0 aromatic carbocycles. The second-order valence-electron chi connectivity index (χ2n) is 4.80. The van der Waals surface area contributed by atoms with Crippen LogP contribution in [0, 0.1) is 6.92 Å². The van der Waals surface area contributed by atoms with Crippen LogP contribution < -0.4 is 11.3 Å². The molecule has 0 spiro atoms. The second-order valence-corrected chi connectivity index (χ2v) is 4.80. The number of nitrogens with zero attached hydrogens (tertiary/aromatic N) is 2. The van der Waals surface area contributed by atoms with Crippen LogP contribution in [0.25, 0.3) is 10.9 Å². The predicted octanol–water partition coefficient (Wildman–Crippen LogP) is 1.73. The van der Waals surface area contributed by atoms with Gasteiger partial charge in [0.15, 0.2) is 5.82 Å². The zero-order valence-electron chi connectivity index (χ0n) is 9.86. The van der Waals surface area contributed by atoms with Gasteiger partial charge in [-0.3, -0.25) is 9.89 Å². The van der Waals surface area contributed by atoms with Gasteiger partial charge in [-0.25, -0.2) is 0 Å². The van der Waals surface area contributed by atoms with Crippen molar-refractivity contribution < 1.29 is 0 Å². The van der Waals surface area contributed by atoms with E-state index < -0.39 is 0 Å². The van der Waals surface area contributed by atoms with Crippen LogP contribution in [0.4, 0.5) is 5.82 Å². The number of hydrogen-bond acceptors (Lipinski definition) is 3. The number of rotatable bonds is 1. The van der Waals surface area contributed by atoms with Crippen LogP contribution in [-0.2, 0) is 0 Å². The maximum Gasteiger partial charge on any atom is 0.264 e. The summed E-state index contributed by atoms with van der Waals surface area (Å²) in [5.74, 6) is 0.303. The van der Waals surface area contributed by atoms with Crippen molar-refractivity contribution in [3.8, 4) is 0 Å². The molecule has 0 aliphatic heterocycles. The van der Waals surface area contributed by atoms with Crippen LogP contribution in [-0.4, -0.2) is 14.8 Å². The first-order valence-corrected chi connectivity index (χ1v) is 6.04. The minimum Gasteiger partial charge on any atom is -0.382 e. The molecule has 0 atom stereocenters. The quantitative estimate of drug-likeness (QED) is 0.786. The number of pyridine rings is 1. The molecule has 1 saturated carbocycles. The molecule has 0 amide bonds. The van der Waals surface area contributed by atoms with Gasteiger partial charge < -0.3 is 10.3 Å². The van der Waals surface area contributed by atoms with E-state index in [0.29, 0.717) is 17.2 Å². The Kier molecular flexibility index (Phi) is 2.21. The maximum atomic E-state index is 12.4. The van der Waals surface area contributed by atoms with Crippen molar-refractivity contribution in [1.82, 2.24) is 14.8 Å². The largest absolute Gasteiger partial charge is 0.382 e. The lowest BCUT2D eigenvalue weighted by molar-refractivity contribution is 0.494. The Morgan fingerprint density at radius 2 is 2.18 bits per heavy atom. The van der Waals surface area contributed by atoms with Crippen LogP contribution in [0.1, 0.15) is 37.4 Å². The Balaban J connectivity index is 2.29. The average molecular weight is 232 g/mol. The highest BCUT2D eigenvalue weighted by molar-refractivity contribution is 5.87. The first-order chi connectivity index (χ1) is 8.18. The molecule has 1 aliphatic carbocycles. The number of fused-ring (bicyclic) bond motifs is 1. The molecule has 17 heavy (non-hydrogen) atoms. The van der Waals surface area contributed by atoms with Crippen molar-refractivity contribution in [3.05, 3.63) is 22.1 Å². The summed E-state index contributed by atoms with van der Waals surface area (Å²) in [6.45, 7) is 1.97. The van der Waals surface area contributed by atoms with E-state index in [1.807, 2.05) is 17.6 Å². The molecule has 3 N–H and O–H groups in total. The van der Waals surface area contributed by atoms with Gasteiger partial charge in [-0.2, -0.15) is 5.10 Å². The SMILES string of the molecule is Cc1cc2[nH]nc(N)c2c(=O)n1C1CCCC1. The smallest absolute Gasteiger partial charge is 0.264 e. The number of hydrogen-bond donors (Lipinski definition) is 2. The van der Waals surface area contributed by atoms with Crippen LogP contribution in [0.3, 0.4) is 0 Å². The standard InChI is InChI=1S/C12H16N4O/c1-7-6-9-10(11(13)15-14-9)12(17)16(7)8-4-2-3-5-8/h6,8H,2-5H2,1H3,(H3,13,14,15). The fourth-order valence-corrected chi connectivity index (χ4v) is 2.87. The van der Waals surface area contributed by atoms with Gasteiger partial charge in [-0.15, -0.1) is 0 Å². The van der Waals surface area contributed by atoms with Gasteiger partial charge in [-0.05, 0) is 25.8 Å². The fraction of sp³-hybridized carbons (Fsp3) is 0.500. The number of nitrogens with two attached hydrogens (primary N) is 1. The van der Waals surface area contributed by atoms with Gasteiger partial charge in [0.05, 0.1) is 5.52 Å². The normalized spacial score (nSPS) is 17.0. The van der Waals surface area contributed by atoms with E-state index in [4.69, 9.17) is 5.73 Å². The van der Waals surface area contributed by atoms with E-state index in [2.05, 4.69) is 10.2 Å². The maximum absolute atomic E-state index is 12.4. The third-order valence-electron chi connectivity index (χ3n) is 3.68. The second kappa shape index (κ2) is 3.61. The summed E-state index contributed by atoms with van der Waals surface area (Å²) in [7, 11) is 0. The fourth-order valence-electron chi connectivity index (χ4n) is 2.87. The van der Waals surface area contributed by atoms with Crippen molar-refractivity contribution in [2.45, 2.75) is 38.6 Å². The summed E-state index contributed by atoms with van der Waals surface area (Å²) in [6.07, 6.45) is 4.58. The monoisotopic (exact) mass is 232 g/mol. The van der Waals surface area contributed by atoms with Crippen molar-refractivity contribution in [2.24, 2.45) is 0 Å².